The van der Waals surface area contributed by atoms with Gasteiger partial charge in [-0.15, -0.1) is 0 Å². The summed E-state index contributed by atoms with van der Waals surface area (Å²) in [6, 6.07) is 18.7. The lowest BCUT2D eigenvalue weighted by Crippen LogP contribution is -2.52. The predicted octanol–water partition coefficient (Wildman–Crippen LogP) is 6.48. The molecule has 0 spiro atoms. The highest BCUT2D eigenvalue weighted by atomic mass is 79.9. The van der Waals surface area contributed by atoms with Crippen LogP contribution in [-0.4, -0.2) is 55.7 Å². The van der Waals surface area contributed by atoms with Gasteiger partial charge in [0.25, 0.3) is 17.7 Å². The number of amides is 3. The first kappa shape index (κ1) is 30.6. The molecule has 1 aliphatic heterocycles. The van der Waals surface area contributed by atoms with Gasteiger partial charge in [-0.05, 0) is 73.5 Å². The molecule has 3 amide bonds. The first-order chi connectivity index (χ1) is 20.0. The number of halogens is 4. The van der Waals surface area contributed by atoms with Crippen LogP contribution in [0.5, 0.6) is 5.75 Å². The van der Waals surface area contributed by atoms with Crippen molar-refractivity contribution in [2.24, 2.45) is 11.8 Å². The van der Waals surface area contributed by atoms with E-state index in [-0.39, 0.29) is 31.6 Å². The van der Waals surface area contributed by atoms with Gasteiger partial charge >= 0.3 is 5.97 Å². The molecule has 42 heavy (non-hydrogen) atoms. The first-order valence-corrected chi connectivity index (χ1v) is 15.9. The van der Waals surface area contributed by atoms with Crippen LogP contribution in [0.2, 0.25) is 5.02 Å². The molecular formula is C30H22Br3ClN2O6. The van der Waals surface area contributed by atoms with Gasteiger partial charge in [0.15, 0.2) is 5.78 Å². The number of benzene rings is 3. The van der Waals surface area contributed by atoms with Crippen molar-refractivity contribution in [2.75, 3.05) is 6.54 Å². The van der Waals surface area contributed by atoms with E-state index in [1.165, 1.54) is 36.4 Å². The fourth-order valence-electron chi connectivity index (χ4n) is 5.01. The standard InChI is InChI=1S/C30H22Br3ClN2O6/c31-18-9-5-17(6-10-18)30(41)42-19-11-7-16(8-12-19)26(37)15-35(27(38)20-3-1-2-4-25(20)34)36-28(39)21-13-23(32)24(33)14-22(21)29(36)40/h1-12,21-24H,13-15H2/t21-,22-,23+,24+/m1/s1. The van der Waals surface area contributed by atoms with Crippen LogP contribution in [-0.2, 0) is 9.59 Å². The molecule has 8 nitrogen and oxygen atoms in total. The molecule has 1 heterocycles. The third-order valence-corrected chi connectivity index (χ3v) is 10.8. The Bertz CT molecular complexity index is 1540. The molecule has 3 aromatic rings. The number of carbonyl (C=O) groups excluding carboxylic acids is 5. The van der Waals surface area contributed by atoms with E-state index in [9.17, 15) is 24.0 Å². The minimum atomic E-state index is -0.750. The van der Waals surface area contributed by atoms with Gasteiger partial charge < -0.3 is 4.74 Å². The zero-order valence-electron chi connectivity index (χ0n) is 21.7. The van der Waals surface area contributed by atoms with Crippen molar-refractivity contribution in [3.8, 4) is 5.75 Å². The van der Waals surface area contributed by atoms with Gasteiger partial charge in [0, 0.05) is 19.7 Å². The maximum absolute atomic E-state index is 13.7. The Kier molecular flexibility index (Phi) is 9.31. The van der Waals surface area contributed by atoms with Crippen LogP contribution >= 0.6 is 59.4 Å². The molecule has 1 aliphatic carbocycles. The summed E-state index contributed by atoms with van der Waals surface area (Å²) in [5.41, 5.74) is 0.590. The highest BCUT2D eigenvalue weighted by Crippen LogP contribution is 2.44. The summed E-state index contributed by atoms with van der Waals surface area (Å²) in [5.74, 6) is -3.93. The molecule has 0 N–H and O–H groups in total. The number of esters is 1. The molecule has 12 heteroatoms. The largest absolute Gasteiger partial charge is 0.423 e. The van der Waals surface area contributed by atoms with Crippen molar-refractivity contribution < 1.29 is 28.7 Å². The number of fused-ring (bicyclic) bond motifs is 1. The third-order valence-electron chi connectivity index (χ3n) is 7.23. The molecule has 0 bridgehead atoms. The van der Waals surface area contributed by atoms with Crippen LogP contribution in [0.4, 0.5) is 0 Å². The van der Waals surface area contributed by atoms with Crippen LogP contribution in [0.15, 0.2) is 77.3 Å². The number of imide groups is 1. The van der Waals surface area contributed by atoms with Gasteiger partial charge in [-0.1, -0.05) is 71.5 Å². The normalized spacial score (nSPS) is 21.6. The summed E-state index contributed by atoms with van der Waals surface area (Å²) in [4.78, 5) is 66.7. The number of hydrogen-bond acceptors (Lipinski definition) is 6. The highest BCUT2D eigenvalue weighted by molar-refractivity contribution is 9.12. The number of hydrazine groups is 1. The third kappa shape index (κ3) is 6.24. The monoisotopic (exact) mass is 778 g/mol. The number of hydrogen-bond donors (Lipinski definition) is 0. The van der Waals surface area contributed by atoms with E-state index in [2.05, 4.69) is 47.8 Å². The number of ether oxygens (including phenoxy) is 1. The molecule has 3 aromatic carbocycles. The van der Waals surface area contributed by atoms with Crippen molar-refractivity contribution in [3.63, 3.8) is 0 Å². The molecule has 0 aromatic heterocycles. The number of carbonyl (C=O) groups is 5. The molecule has 1 saturated carbocycles. The Morgan fingerprint density at radius 1 is 0.833 bits per heavy atom. The number of ketones is 1. The van der Waals surface area contributed by atoms with Crippen LogP contribution in [0, 0.1) is 11.8 Å². The molecule has 0 radical (unpaired) electrons. The van der Waals surface area contributed by atoms with Crippen molar-refractivity contribution in [1.29, 1.82) is 0 Å². The predicted molar refractivity (Wildman–Crippen MR) is 166 cm³/mol. The lowest BCUT2D eigenvalue weighted by Gasteiger charge is -2.30. The van der Waals surface area contributed by atoms with Crippen LogP contribution < -0.4 is 4.74 Å². The van der Waals surface area contributed by atoms with Crippen molar-refractivity contribution in [2.45, 2.75) is 22.5 Å². The van der Waals surface area contributed by atoms with Gasteiger partial charge in [-0.3, -0.25) is 19.2 Å². The van der Waals surface area contributed by atoms with Gasteiger partial charge in [0.2, 0.25) is 0 Å². The molecule has 1 saturated heterocycles. The number of alkyl halides is 2. The summed E-state index contributed by atoms with van der Waals surface area (Å²) < 4.78 is 6.22. The SMILES string of the molecule is O=C(CN(C(=O)c1ccccc1Cl)N1C(=O)[C@@H]2C[C@H](Br)[C@@H](Br)C[C@H]2C1=O)c1ccc(OC(=O)c2ccc(Br)cc2)cc1. The second kappa shape index (κ2) is 12.8. The molecule has 2 aliphatic rings. The Morgan fingerprint density at radius 2 is 1.38 bits per heavy atom. The lowest BCUT2D eigenvalue weighted by atomic mass is 9.81. The van der Waals surface area contributed by atoms with E-state index < -0.39 is 47.9 Å². The topological polar surface area (TPSA) is 101 Å². The summed E-state index contributed by atoms with van der Waals surface area (Å²) in [6.45, 7) is -0.589. The number of Topliss-reactive ketones (excluding diaryl/α,β-unsaturated/α-hetero) is 1. The van der Waals surface area contributed by atoms with Gasteiger partial charge in [0.05, 0.1) is 28.0 Å². The molecule has 216 valence electrons. The van der Waals surface area contributed by atoms with Crippen molar-refractivity contribution >= 4 is 88.9 Å². The van der Waals surface area contributed by atoms with E-state index in [1.54, 1.807) is 36.4 Å². The smallest absolute Gasteiger partial charge is 0.343 e. The minimum Gasteiger partial charge on any atom is -0.423 e. The maximum atomic E-state index is 13.7. The maximum Gasteiger partial charge on any atom is 0.343 e. The van der Waals surface area contributed by atoms with E-state index in [4.69, 9.17) is 16.3 Å². The van der Waals surface area contributed by atoms with E-state index in [0.29, 0.717) is 18.4 Å². The van der Waals surface area contributed by atoms with E-state index in [1.807, 2.05) is 0 Å². The molecule has 2 fully saturated rings. The fraction of sp³-hybridized carbons (Fsp3) is 0.233. The van der Waals surface area contributed by atoms with Crippen LogP contribution in [0.25, 0.3) is 0 Å². The summed E-state index contributed by atoms with van der Waals surface area (Å²) in [6.07, 6.45) is 0.814. The molecule has 0 unspecified atom stereocenters. The molecular weight excluding hydrogens is 760 g/mol. The lowest BCUT2D eigenvalue weighted by molar-refractivity contribution is -0.154. The Morgan fingerprint density at radius 3 is 1.95 bits per heavy atom. The summed E-state index contributed by atoms with van der Waals surface area (Å²) in [7, 11) is 0. The zero-order chi connectivity index (χ0) is 30.1. The van der Waals surface area contributed by atoms with Crippen molar-refractivity contribution in [1.82, 2.24) is 10.0 Å². The summed E-state index contributed by atoms with van der Waals surface area (Å²) >= 11 is 16.7. The van der Waals surface area contributed by atoms with E-state index >= 15 is 0 Å². The first-order valence-electron chi connectivity index (χ1n) is 12.9. The number of nitrogens with zero attached hydrogens (tertiary/aromatic N) is 2. The average molecular weight is 782 g/mol. The Hall–Kier alpha value is -2.86. The van der Waals surface area contributed by atoms with Crippen LogP contribution in [0.1, 0.15) is 43.9 Å². The van der Waals surface area contributed by atoms with Gasteiger partial charge in [-0.25, -0.2) is 9.80 Å². The molecule has 5 rings (SSSR count). The fourth-order valence-corrected chi connectivity index (χ4v) is 6.73. The average Bonchev–Trinajstić information content (AvgIpc) is 3.20. The van der Waals surface area contributed by atoms with Gasteiger partial charge in [0.1, 0.15) is 12.3 Å². The Labute approximate surface area is 271 Å². The van der Waals surface area contributed by atoms with Crippen molar-refractivity contribution in [3.05, 3.63) is 99.0 Å². The number of rotatable bonds is 7. The van der Waals surface area contributed by atoms with E-state index in [0.717, 1.165) is 14.5 Å². The minimum absolute atomic E-state index is 0.0267. The van der Waals surface area contributed by atoms with Gasteiger partial charge in [-0.2, -0.15) is 5.01 Å². The summed E-state index contributed by atoms with van der Waals surface area (Å²) in [5, 5.41) is 1.83. The highest BCUT2D eigenvalue weighted by Gasteiger charge is 2.54. The Balaban J connectivity index is 1.38. The van der Waals surface area contributed by atoms with Crippen LogP contribution in [0.3, 0.4) is 0 Å². The quantitative estimate of drug-likeness (QED) is 0.0895. The second-order valence-corrected chi connectivity index (χ2v) is 13.6. The second-order valence-electron chi connectivity index (χ2n) is 9.89. The zero-order valence-corrected chi connectivity index (χ0v) is 27.2. The molecule has 4 atom stereocenters.